The maximum Gasteiger partial charge on any atom is 0.102 e. The summed E-state index contributed by atoms with van der Waals surface area (Å²) in [4.78, 5) is 0. The van der Waals surface area contributed by atoms with Gasteiger partial charge >= 0.3 is 0 Å². The Labute approximate surface area is 77.8 Å². The van der Waals surface area contributed by atoms with E-state index in [4.69, 9.17) is 11.1 Å². The molecule has 68 valence electrons. The second-order valence-electron chi connectivity index (χ2n) is 2.77. The van der Waals surface area contributed by atoms with Gasteiger partial charge in [0, 0.05) is 11.4 Å². The number of nitrogens with one attached hydrogen (secondary N) is 2. The van der Waals surface area contributed by atoms with Gasteiger partial charge in [-0.1, -0.05) is 18.2 Å². The Bertz CT molecular complexity index is 314. The van der Waals surface area contributed by atoms with Crippen LogP contribution in [0.5, 0.6) is 0 Å². The van der Waals surface area contributed by atoms with Crippen LogP contribution in [0.4, 0.5) is 5.69 Å². The van der Waals surface area contributed by atoms with Crippen LogP contribution in [0, 0.1) is 5.41 Å². The lowest BCUT2D eigenvalue weighted by atomic mass is 10.3. The average molecular weight is 175 g/mol. The van der Waals surface area contributed by atoms with Crippen molar-refractivity contribution in [2.45, 2.75) is 6.92 Å². The minimum atomic E-state index is 0.431. The van der Waals surface area contributed by atoms with Gasteiger partial charge in [0.25, 0.3) is 0 Å². The minimum absolute atomic E-state index is 0.431. The largest absolute Gasteiger partial charge is 0.385 e. The summed E-state index contributed by atoms with van der Waals surface area (Å²) in [7, 11) is 0. The SMILES string of the molecule is CC(=N)/C=C(/N)Nc1ccccc1. The van der Waals surface area contributed by atoms with Crippen molar-refractivity contribution in [2.75, 3.05) is 5.32 Å². The first-order valence-electron chi connectivity index (χ1n) is 4.03. The van der Waals surface area contributed by atoms with Crippen LogP contribution < -0.4 is 11.1 Å². The van der Waals surface area contributed by atoms with Gasteiger partial charge in [0.1, 0.15) is 5.82 Å². The average Bonchev–Trinajstić information content (AvgIpc) is 2.04. The third kappa shape index (κ3) is 3.42. The standard InChI is InChI=1S/C10H13N3/c1-8(11)7-10(12)13-9-5-3-2-4-6-9/h2-7,11,13H,12H2,1H3/b10-7-,11-8?. The lowest BCUT2D eigenvalue weighted by Crippen LogP contribution is -2.10. The number of rotatable bonds is 3. The van der Waals surface area contributed by atoms with Crippen LogP contribution >= 0.6 is 0 Å². The van der Waals surface area contributed by atoms with Crippen molar-refractivity contribution in [1.82, 2.24) is 0 Å². The molecule has 3 heteroatoms. The summed E-state index contributed by atoms with van der Waals surface area (Å²) in [6.07, 6.45) is 1.58. The predicted octanol–water partition coefficient (Wildman–Crippen LogP) is 1.94. The Morgan fingerprint density at radius 3 is 2.54 bits per heavy atom. The molecule has 3 nitrogen and oxygen atoms in total. The molecule has 0 aliphatic rings. The second-order valence-corrected chi connectivity index (χ2v) is 2.77. The molecule has 1 rings (SSSR count). The second kappa shape index (κ2) is 4.30. The summed E-state index contributed by atoms with van der Waals surface area (Å²) in [5, 5.41) is 10.2. The lowest BCUT2D eigenvalue weighted by Gasteiger charge is -2.04. The molecule has 0 aliphatic carbocycles. The fourth-order valence-corrected chi connectivity index (χ4v) is 0.957. The van der Waals surface area contributed by atoms with Gasteiger partial charge in [0.2, 0.25) is 0 Å². The van der Waals surface area contributed by atoms with Gasteiger partial charge < -0.3 is 16.5 Å². The summed E-state index contributed by atoms with van der Waals surface area (Å²) in [5.41, 5.74) is 6.98. The van der Waals surface area contributed by atoms with E-state index >= 15 is 0 Å². The molecular formula is C10H13N3. The van der Waals surface area contributed by atoms with E-state index in [-0.39, 0.29) is 0 Å². The van der Waals surface area contributed by atoms with Crippen LogP contribution in [0.1, 0.15) is 6.92 Å². The Morgan fingerprint density at radius 2 is 2.00 bits per heavy atom. The number of para-hydroxylation sites is 1. The molecule has 0 saturated heterocycles. The predicted molar refractivity (Wildman–Crippen MR) is 55.7 cm³/mol. The normalized spacial score (nSPS) is 11.0. The molecule has 0 unspecified atom stereocenters. The van der Waals surface area contributed by atoms with Crippen LogP contribution in [0.25, 0.3) is 0 Å². The van der Waals surface area contributed by atoms with Crippen LogP contribution in [-0.2, 0) is 0 Å². The molecule has 0 fully saturated rings. The summed E-state index contributed by atoms with van der Waals surface area (Å²) < 4.78 is 0. The molecule has 0 bridgehead atoms. The highest BCUT2D eigenvalue weighted by Crippen LogP contribution is 2.06. The zero-order chi connectivity index (χ0) is 9.68. The van der Waals surface area contributed by atoms with Crippen molar-refractivity contribution < 1.29 is 0 Å². The van der Waals surface area contributed by atoms with E-state index in [1.165, 1.54) is 0 Å². The quantitative estimate of drug-likeness (QED) is 0.615. The molecule has 0 spiro atoms. The van der Waals surface area contributed by atoms with E-state index in [1.54, 1.807) is 13.0 Å². The maximum atomic E-state index is 7.19. The van der Waals surface area contributed by atoms with Gasteiger partial charge in [-0.2, -0.15) is 0 Å². The fraction of sp³-hybridized carbons (Fsp3) is 0.100. The highest BCUT2D eigenvalue weighted by molar-refractivity contribution is 5.90. The Kier molecular flexibility index (Phi) is 3.09. The number of benzene rings is 1. The number of anilines is 1. The molecule has 1 aromatic rings. The van der Waals surface area contributed by atoms with Crippen LogP contribution in [-0.4, -0.2) is 5.71 Å². The Morgan fingerprint density at radius 1 is 1.38 bits per heavy atom. The Balaban J connectivity index is 2.65. The minimum Gasteiger partial charge on any atom is -0.385 e. The maximum absolute atomic E-state index is 7.19. The first-order chi connectivity index (χ1) is 6.18. The van der Waals surface area contributed by atoms with Crippen molar-refractivity contribution in [1.29, 1.82) is 5.41 Å². The van der Waals surface area contributed by atoms with Crippen LogP contribution in [0.2, 0.25) is 0 Å². The highest BCUT2D eigenvalue weighted by atomic mass is 15.0. The first kappa shape index (κ1) is 9.32. The smallest absolute Gasteiger partial charge is 0.102 e. The third-order valence-corrected chi connectivity index (χ3v) is 1.43. The summed E-state index contributed by atoms with van der Waals surface area (Å²) in [6.45, 7) is 1.68. The van der Waals surface area contributed by atoms with E-state index in [1.807, 2.05) is 30.3 Å². The summed E-state index contributed by atoms with van der Waals surface area (Å²) in [5.74, 6) is 0.485. The van der Waals surface area contributed by atoms with Crippen molar-refractivity contribution in [2.24, 2.45) is 5.73 Å². The molecule has 0 radical (unpaired) electrons. The van der Waals surface area contributed by atoms with Gasteiger partial charge in [0.05, 0.1) is 0 Å². The van der Waals surface area contributed by atoms with Crippen molar-refractivity contribution in [3.63, 3.8) is 0 Å². The van der Waals surface area contributed by atoms with Crippen LogP contribution in [0.3, 0.4) is 0 Å². The highest BCUT2D eigenvalue weighted by Gasteiger charge is 1.91. The molecular weight excluding hydrogens is 162 g/mol. The van der Waals surface area contributed by atoms with Gasteiger partial charge in [-0.3, -0.25) is 0 Å². The first-order valence-corrected chi connectivity index (χ1v) is 4.03. The number of hydrogen-bond acceptors (Lipinski definition) is 3. The third-order valence-electron chi connectivity index (χ3n) is 1.43. The number of allylic oxidation sites excluding steroid dienone is 1. The molecule has 13 heavy (non-hydrogen) atoms. The van der Waals surface area contributed by atoms with Gasteiger partial charge in [-0.25, -0.2) is 0 Å². The molecule has 1 aromatic carbocycles. The number of hydrogen-bond donors (Lipinski definition) is 3. The summed E-state index contributed by atoms with van der Waals surface area (Å²) in [6, 6.07) is 9.62. The molecule has 0 heterocycles. The van der Waals surface area contributed by atoms with E-state index < -0.39 is 0 Å². The van der Waals surface area contributed by atoms with Crippen molar-refractivity contribution in [3.05, 3.63) is 42.2 Å². The summed E-state index contributed by atoms with van der Waals surface area (Å²) >= 11 is 0. The van der Waals surface area contributed by atoms with E-state index in [0.717, 1.165) is 5.69 Å². The topological polar surface area (TPSA) is 61.9 Å². The lowest BCUT2D eigenvalue weighted by molar-refractivity contribution is 1.31. The van der Waals surface area contributed by atoms with Gasteiger partial charge in [-0.15, -0.1) is 0 Å². The molecule has 4 N–H and O–H groups in total. The van der Waals surface area contributed by atoms with Gasteiger partial charge in [-0.05, 0) is 25.1 Å². The monoisotopic (exact) mass is 175 g/mol. The number of nitrogens with two attached hydrogens (primary N) is 1. The van der Waals surface area contributed by atoms with Crippen molar-refractivity contribution in [3.8, 4) is 0 Å². The fourth-order valence-electron chi connectivity index (χ4n) is 0.957. The molecule has 0 atom stereocenters. The van der Waals surface area contributed by atoms with Crippen molar-refractivity contribution >= 4 is 11.4 Å². The molecule has 0 saturated carbocycles. The Hall–Kier alpha value is -1.77. The van der Waals surface area contributed by atoms with E-state index in [0.29, 0.717) is 11.5 Å². The molecule has 0 aliphatic heterocycles. The zero-order valence-corrected chi connectivity index (χ0v) is 7.54. The molecule has 0 aromatic heterocycles. The van der Waals surface area contributed by atoms with E-state index in [9.17, 15) is 0 Å². The van der Waals surface area contributed by atoms with Crippen LogP contribution in [0.15, 0.2) is 42.2 Å². The molecule has 0 amide bonds. The zero-order valence-electron chi connectivity index (χ0n) is 7.54. The van der Waals surface area contributed by atoms with Gasteiger partial charge in [0.15, 0.2) is 0 Å². The van der Waals surface area contributed by atoms with E-state index in [2.05, 4.69) is 5.32 Å².